The average molecular weight is 301 g/mol. The molecule has 0 bridgehead atoms. The van der Waals surface area contributed by atoms with Crippen LogP contribution < -0.4 is 10.2 Å². The van der Waals surface area contributed by atoms with Gasteiger partial charge in [-0.2, -0.15) is 0 Å². The van der Waals surface area contributed by atoms with Gasteiger partial charge in [0.05, 0.1) is 13.2 Å². The Hall–Kier alpha value is -0.810. The molecule has 0 saturated heterocycles. The van der Waals surface area contributed by atoms with Crippen LogP contribution in [-0.2, 0) is 16.0 Å². The quantitative estimate of drug-likeness (QED) is 0.711. The van der Waals surface area contributed by atoms with Gasteiger partial charge >= 0.3 is 0 Å². The van der Waals surface area contributed by atoms with Crippen molar-refractivity contribution >= 4 is 17.3 Å². The van der Waals surface area contributed by atoms with Crippen molar-refractivity contribution in [1.29, 1.82) is 0 Å². The minimum atomic E-state index is 0.307. The summed E-state index contributed by atoms with van der Waals surface area (Å²) in [5.41, 5.74) is 2.19. The molecule has 1 atom stereocenters. The number of halogens is 1. The minimum Gasteiger partial charge on any atom is -0.383 e. The average Bonchev–Trinajstić information content (AvgIpc) is 2.44. The van der Waals surface area contributed by atoms with Gasteiger partial charge in [0.2, 0.25) is 0 Å². The van der Waals surface area contributed by atoms with Gasteiger partial charge in [-0.15, -0.1) is 0 Å². The van der Waals surface area contributed by atoms with Crippen LogP contribution in [0.5, 0.6) is 0 Å². The van der Waals surface area contributed by atoms with E-state index >= 15 is 0 Å². The molecule has 1 N–H and O–H groups in total. The normalized spacial score (nSPS) is 12.4. The maximum Gasteiger partial charge on any atom is 0.0663 e. The topological polar surface area (TPSA) is 33.7 Å². The maximum atomic E-state index is 6.34. The van der Waals surface area contributed by atoms with Gasteiger partial charge in [0, 0.05) is 51.1 Å². The van der Waals surface area contributed by atoms with Crippen LogP contribution >= 0.6 is 11.6 Å². The lowest BCUT2D eigenvalue weighted by atomic mass is 10.1. The van der Waals surface area contributed by atoms with Crippen LogP contribution in [0.3, 0.4) is 0 Å². The summed E-state index contributed by atoms with van der Waals surface area (Å²) >= 11 is 6.34. The van der Waals surface area contributed by atoms with Gasteiger partial charge in [0.25, 0.3) is 0 Å². The lowest BCUT2D eigenvalue weighted by Crippen LogP contribution is -2.32. The molecule has 0 aliphatic heterocycles. The number of benzene rings is 1. The summed E-state index contributed by atoms with van der Waals surface area (Å²) in [5, 5.41) is 4.07. The zero-order valence-electron chi connectivity index (χ0n) is 12.8. The third kappa shape index (κ3) is 5.29. The van der Waals surface area contributed by atoms with Gasteiger partial charge in [-0.05, 0) is 24.6 Å². The Morgan fingerprint density at radius 2 is 2.05 bits per heavy atom. The Bertz CT molecular complexity index is 401. The Balaban J connectivity index is 2.62. The molecule has 0 radical (unpaired) electrons. The van der Waals surface area contributed by atoms with Gasteiger partial charge in [-0.1, -0.05) is 17.7 Å². The first-order valence-corrected chi connectivity index (χ1v) is 7.17. The largest absolute Gasteiger partial charge is 0.383 e. The van der Waals surface area contributed by atoms with Crippen molar-refractivity contribution in [3.8, 4) is 0 Å². The first-order chi connectivity index (χ1) is 9.60. The van der Waals surface area contributed by atoms with Gasteiger partial charge in [0.15, 0.2) is 0 Å². The van der Waals surface area contributed by atoms with Gasteiger partial charge in [0.1, 0.15) is 0 Å². The fraction of sp³-hybridized carbons (Fsp3) is 0.600. The molecule has 1 rings (SSSR count). The van der Waals surface area contributed by atoms with E-state index in [4.69, 9.17) is 21.1 Å². The molecular formula is C15H25ClN2O2. The second-order valence-corrected chi connectivity index (χ2v) is 5.27. The van der Waals surface area contributed by atoms with E-state index in [1.165, 1.54) is 0 Å². The molecule has 1 unspecified atom stereocenters. The van der Waals surface area contributed by atoms with E-state index < -0.39 is 0 Å². The number of hydrogen-bond donors (Lipinski definition) is 1. The van der Waals surface area contributed by atoms with Crippen LogP contribution in [0.4, 0.5) is 5.69 Å². The highest BCUT2D eigenvalue weighted by Gasteiger charge is 2.11. The summed E-state index contributed by atoms with van der Waals surface area (Å²) in [6, 6.07) is 6.46. The van der Waals surface area contributed by atoms with Crippen molar-refractivity contribution in [2.75, 3.05) is 45.9 Å². The number of nitrogens with zero attached hydrogens (tertiary/aromatic N) is 1. The van der Waals surface area contributed by atoms with Gasteiger partial charge < -0.3 is 19.7 Å². The number of anilines is 1. The van der Waals surface area contributed by atoms with Crippen LogP contribution in [0.25, 0.3) is 0 Å². The van der Waals surface area contributed by atoms with E-state index in [-0.39, 0.29) is 0 Å². The molecule has 0 heterocycles. The van der Waals surface area contributed by atoms with Crippen LogP contribution in [0.1, 0.15) is 12.5 Å². The lowest BCUT2D eigenvalue weighted by Gasteiger charge is -2.27. The Morgan fingerprint density at radius 3 is 2.65 bits per heavy atom. The standard InChI is InChI=1S/C15H25ClN2O2/c1-12(11-20-4)18(2)14-6-5-13(15(16)9-14)10-17-7-8-19-3/h5-6,9,12,17H,7-8,10-11H2,1-4H3. The molecule has 0 aromatic heterocycles. The van der Waals surface area contributed by atoms with Crippen molar-refractivity contribution in [3.05, 3.63) is 28.8 Å². The highest BCUT2D eigenvalue weighted by Crippen LogP contribution is 2.24. The van der Waals surface area contributed by atoms with E-state index in [2.05, 4.69) is 29.3 Å². The lowest BCUT2D eigenvalue weighted by molar-refractivity contribution is 0.183. The molecule has 0 amide bonds. The predicted octanol–water partition coefficient (Wildman–Crippen LogP) is 2.55. The minimum absolute atomic E-state index is 0.307. The Labute approximate surface area is 127 Å². The molecule has 4 nitrogen and oxygen atoms in total. The van der Waals surface area contributed by atoms with Gasteiger partial charge in [-0.3, -0.25) is 0 Å². The maximum absolute atomic E-state index is 6.34. The van der Waals surface area contributed by atoms with E-state index in [0.717, 1.165) is 29.4 Å². The summed E-state index contributed by atoms with van der Waals surface area (Å²) in [6.07, 6.45) is 0. The zero-order valence-corrected chi connectivity index (χ0v) is 13.5. The number of rotatable bonds is 9. The monoisotopic (exact) mass is 300 g/mol. The van der Waals surface area contributed by atoms with E-state index in [9.17, 15) is 0 Å². The third-order valence-electron chi connectivity index (χ3n) is 3.31. The molecule has 0 aliphatic rings. The number of ether oxygens (including phenoxy) is 2. The van der Waals surface area contributed by atoms with E-state index in [1.54, 1.807) is 14.2 Å². The number of nitrogens with one attached hydrogen (secondary N) is 1. The summed E-state index contributed by atoms with van der Waals surface area (Å²) in [6.45, 7) is 5.08. The van der Waals surface area contributed by atoms with Crippen LogP contribution in [0.15, 0.2) is 18.2 Å². The molecule has 0 fully saturated rings. The first kappa shape index (κ1) is 17.2. The molecule has 114 valence electrons. The second kappa shape index (κ2) is 9.19. The molecule has 1 aromatic rings. The molecule has 0 aliphatic carbocycles. The fourth-order valence-electron chi connectivity index (χ4n) is 1.90. The third-order valence-corrected chi connectivity index (χ3v) is 3.66. The van der Waals surface area contributed by atoms with Crippen molar-refractivity contribution in [1.82, 2.24) is 5.32 Å². The smallest absolute Gasteiger partial charge is 0.0663 e. The first-order valence-electron chi connectivity index (χ1n) is 6.80. The highest BCUT2D eigenvalue weighted by molar-refractivity contribution is 6.31. The highest BCUT2D eigenvalue weighted by atomic mass is 35.5. The summed E-state index contributed by atoms with van der Waals surface area (Å²) in [5.74, 6) is 0. The number of methoxy groups -OCH3 is 2. The van der Waals surface area contributed by atoms with Crippen LogP contribution in [0, 0.1) is 0 Å². The SMILES string of the molecule is COCCNCc1ccc(N(C)C(C)COC)cc1Cl. The molecule has 0 saturated carbocycles. The van der Waals surface area contributed by atoms with Crippen molar-refractivity contribution < 1.29 is 9.47 Å². The summed E-state index contributed by atoms with van der Waals surface area (Å²) in [4.78, 5) is 2.16. The van der Waals surface area contributed by atoms with Crippen LogP contribution in [-0.4, -0.2) is 47.1 Å². The second-order valence-electron chi connectivity index (χ2n) is 4.86. The van der Waals surface area contributed by atoms with Gasteiger partial charge in [-0.25, -0.2) is 0 Å². The van der Waals surface area contributed by atoms with E-state index in [0.29, 0.717) is 19.3 Å². The molecule has 5 heteroatoms. The number of hydrogen-bond acceptors (Lipinski definition) is 4. The summed E-state index contributed by atoms with van der Waals surface area (Å²) < 4.78 is 10.2. The Kier molecular flexibility index (Phi) is 7.92. The molecule has 1 aromatic carbocycles. The van der Waals surface area contributed by atoms with Crippen molar-refractivity contribution in [3.63, 3.8) is 0 Å². The fourth-order valence-corrected chi connectivity index (χ4v) is 2.15. The predicted molar refractivity (Wildman–Crippen MR) is 84.8 cm³/mol. The molecule has 20 heavy (non-hydrogen) atoms. The summed E-state index contributed by atoms with van der Waals surface area (Å²) in [7, 11) is 5.46. The van der Waals surface area contributed by atoms with Crippen molar-refractivity contribution in [2.45, 2.75) is 19.5 Å². The van der Waals surface area contributed by atoms with E-state index in [1.807, 2.05) is 13.1 Å². The van der Waals surface area contributed by atoms with Crippen molar-refractivity contribution in [2.24, 2.45) is 0 Å². The zero-order chi connectivity index (χ0) is 15.0. The molecular weight excluding hydrogens is 276 g/mol. The van der Waals surface area contributed by atoms with Crippen LogP contribution in [0.2, 0.25) is 5.02 Å². The molecule has 0 spiro atoms. The number of likely N-dealkylation sites (N-methyl/N-ethyl adjacent to an activating group) is 1. The Morgan fingerprint density at radius 1 is 1.30 bits per heavy atom.